The molecule has 2 N–H and O–H groups in total. The SMILES string of the molecule is S=c1[nH]nc(NC2CCCC2)s1. The molecule has 1 aliphatic carbocycles. The molecule has 0 aliphatic heterocycles. The summed E-state index contributed by atoms with van der Waals surface area (Å²) < 4.78 is 0.746. The molecular formula is C7H11N3S2. The van der Waals surface area contributed by atoms with E-state index in [0.717, 1.165) is 9.09 Å². The molecule has 1 saturated carbocycles. The first kappa shape index (κ1) is 8.19. The quantitative estimate of drug-likeness (QED) is 0.722. The normalized spacial score (nSPS) is 18.3. The third kappa shape index (κ3) is 1.84. The van der Waals surface area contributed by atoms with Crippen molar-refractivity contribution in [3.05, 3.63) is 3.95 Å². The van der Waals surface area contributed by atoms with E-state index >= 15 is 0 Å². The number of nitrogens with zero attached hydrogens (tertiary/aromatic N) is 1. The highest BCUT2D eigenvalue weighted by molar-refractivity contribution is 7.73. The molecule has 0 spiro atoms. The van der Waals surface area contributed by atoms with Crippen LogP contribution in [0.5, 0.6) is 0 Å². The number of hydrogen-bond acceptors (Lipinski definition) is 4. The van der Waals surface area contributed by atoms with Gasteiger partial charge in [-0.25, -0.2) is 0 Å². The van der Waals surface area contributed by atoms with Crippen LogP contribution < -0.4 is 5.32 Å². The first-order valence-corrected chi connectivity index (χ1v) is 5.39. The van der Waals surface area contributed by atoms with E-state index in [4.69, 9.17) is 12.2 Å². The lowest BCUT2D eigenvalue weighted by Crippen LogP contribution is -2.13. The summed E-state index contributed by atoms with van der Waals surface area (Å²) in [5, 5.41) is 11.1. The van der Waals surface area contributed by atoms with Crippen LogP contribution in [0.3, 0.4) is 0 Å². The molecule has 5 heteroatoms. The van der Waals surface area contributed by atoms with E-state index in [1.54, 1.807) is 0 Å². The summed E-state index contributed by atoms with van der Waals surface area (Å²) in [5.74, 6) is 0. The number of H-pyrrole nitrogens is 1. The van der Waals surface area contributed by atoms with E-state index in [-0.39, 0.29) is 0 Å². The fraction of sp³-hybridized carbons (Fsp3) is 0.714. The minimum atomic E-state index is 0.624. The van der Waals surface area contributed by atoms with Crippen LogP contribution in [0.15, 0.2) is 0 Å². The van der Waals surface area contributed by atoms with Gasteiger partial charge < -0.3 is 5.32 Å². The average molecular weight is 201 g/mol. The van der Waals surface area contributed by atoms with Crippen molar-refractivity contribution in [1.29, 1.82) is 0 Å². The van der Waals surface area contributed by atoms with Gasteiger partial charge in [-0.1, -0.05) is 24.2 Å². The highest BCUT2D eigenvalue weighted by atomic mass is 32.1. The second-order valence-corrected chi connectivity index (χ2v) is 4.71. The molecule has 0 atom stereocenters. The van der Waals surface area contributed by atoms with Crippen molar-refractivity contribution in [3.63, 3.8) is 0 Å². The fourth-order valence-corrected chi connectivity index (χ4v) is 2.40. The van der Waals surface area contributed by atoms with Gasteiger partial charge in [0.2, 0.25) is 5.13 Å². The number of aromatic nitrogens is 2. The third-order valence-corrected chi connectivity index (χ3v) is 3.14. The van der Waals surface area contributed by atoms with E-state index in [1.807, 2.05) is 0 Å². The molecule has 0 amide bonds. The predicted molar refractivity (Wildman–Crippen MR) is 53.2 cm³/mol. The van der Waals surface area contributed by atoms with E-state index in [0.29, 0.717) is 6.04 Å². The van der Waals surface area contributed by atoms with E-state index in [1.165, 1.54) is 37.0 Å². The maximum atomic E-state index is 4.93. The Morgan fingerprint density at radius 3 is 2.83 bits per heavy atom. The first-order chi connectivity index (χ1) is 5.84. The van der Waals surface area contributed by atoms with Crippen molar-refractivity contribution >= 4 is 28.7 Å². The molecule has 0 unspecified atom stereocenters. The summed E-state index contributed by atoms with van der Waals surface area (Å²) in [5.41, 5.74) is 0. The van der Waals surface area contributed by atoms with E-state index in [2.05, 4.69) is 15.5 Å². The maximum absolute atomic E-state index is 4.93. The number of rotatable bonds is 2. The summed E-state index contributed by atoms with van der Waals surface area (Å²) in [6, 6.07) is 0.624. The molecule has 1 aliphatic rings. The Balaban J connectivity index is 1.98. The van der Waals surface area contributed by atoms with Crippen LogP contribution in [0.2, 0.25) is 0 Å². The standard InChI is InChI=1S/C7H11N3S2/c11-7-10-9-6(12-7)8-5-3-1-2-4-5/h5H,1-4H2,(H,8,9)(H,10,11). The van der Waals surface area contributed by atoms with Crippen LogP contribution in [0.1, 0.15) is 25.7 Å². The topological polar surface area (TPSA) is 40.7 Å². The van der Waals surface area contributed by atoms with Gasteiger partial charge in [0.1, 0.15) is 0 Å². The van der Waals surface area contributed by atoms with Gasteiger partial charge >= 0.3 is 0 Å². The fourth-order valence-electron chi connectivity index (χ4n) is 1.54. The smallest absolute Gasteiger partial charge is 0.204 e. The Labute approximate surface area is 80.2 Å². The summed E-state index contributed by atoms with van der Waals surface area (Å²) in [6.45, 7) is 0. The van der Waals surface area contributed by atoms with E-state index < -0.39 is 0 Å². The van der Waals surface area contributed by atoms with Gasteiger partial charge in [-0.2, -0.15) is 0 Å². The number of aromatic amines is 1. The Morgan fingerprint density at radius 1 is 1.50 bits per heavy atom. The number of hydrogen-bond donors (Lipinski definition) is 2. The van der Waals surface area contributed by atoms with Gasteiger partial charge in [-0.15, -0.1) is 5.10 Å². The van der Waals surface area contributed by atoms with Gasteiger partial charge in [-0.3, -0.25) is 5.10 Å². The maximum Gasteiger partial charge on any atom is 0.204 e. The molecule has 1 aromatic heterocycles. The highest BCUT2D eigenvalue weighted by Gasteiger charge is 2.15. The molecule has 12 heavy (non-hydrogen) atoms. The largest absolute Gasteiger partial charge is 0.357 e. The van der Waals surface area contributed by atoms with Crippen LogP contribution in [0, 0.1) is 3.95 Å². The van der Waals surface area contributed by atoms with Gasteiger partial charge in [-0.05, 0) is 25.1 Å². The Kier molecular flexibility index (Phi) is 2.41. The Morgan fingerprint density at radius 2 is 2.25 bits per heavy atom. The molecule has 2 rings (SSSR count). The molecule has 0 radical (unpaired) electrons. The monoisotopic (exact) mass is 201 g/mol. The lowest BCUT2D eigenvalue weighted by Gasteiger charge is -2.08. The van der Waals surface area contributed by atoms with Crippen LogP contribution in [-0.2, 0) is 0 Å². The average Bonchev–Trinajstić information content (AvgIpc) is 2.63. The van der Waals surface area contributed by atoms with Gasteiger partial charge in [0.05, 0.1) is 0 Å². The predicted octanol–water partition coefficient (Wildman–Crippen LogP) is 2.56. The zero-order valence-corrected chi connectivity index (χ0v) is 8.30. The Bertz CT molecular complexity index is 298. The van der Waals surface area contributed by atoms with Crippen molar-refractivity contribution in [2.45, 2.75) is 31.7 Å². The molecule has 1 aromatic rings. The van der Waals surface area contributed by atoms with E-state index in [9.17, 15) is 0 Å². The first-order valence-electron chi connectivity index (χ1n) is 4.16. The van der Waals surface area contributed by atoms with Gasteiger partial charge in [0.15, 0.2) is 3.95 Å². The van der Waals surface area contributed by atoms with Crippen LogP contribution in [-0.4, -0.2) is 16.2 Å². The Hall–Kier alpha value is -0.420. The zero-order chi connectivity index (χ0) is 8.39. The van der Waals surface area contributed by atoms with Crippen molar-refractivity contribution in [1.82, 2.24) is 10.2 Å². The molecular weight excluding hydrogens is 190 g/mol. The highest BCUT2D eigenvalue weighted by Crippen LogP contribution is 2.22. The summed E-state index contributed by atoms with van der Waals surface area (Å²) in [7, 11) is 0. The second-order valence-electron chi connectivity index (χ2n) is 3.04. The van der Waals surface area contributed by atoms with Gasteiger partial charge in [0, 0.05) is 6.04 Å². The summed E-state index contributed by atoms with van der Waals surface area (Å²) in [6.07, 6.45) is 5.22. The minimum Gasteiger partial charge on any atom is -0.357 e. The van der Waals surface area contributed by atoms with Crippen molar-refractivity contribution in [2.75, 3.05) is 5.32 Å². The molecule has 0 aromatic carbocycles. The molecule has 0 saturated heterocycles. The van der Waals surface area contributed by atoms with Crippen LogP contribution in [0.4, 0.5) is 5.13 Å². The van der Waals surface area contributed by atoms with Crippen LogP contribution >= 0.6 is 23.6 Å². The molecule has 0 bridgehead atoms. The zero-order valence-electron chi connectivity index (χ0n) is 6.67. The molecule has 1 fully saturated rings. The lowest BCUT2D eigenvalue weighted by atomic mass is 10.3. The molecule has 66 valence electrons. The third-order valence-electron chi connectivity index (χ3n) is 2.12. The lowest BCUT2D eigenvalue weighted by molar-refractivity contribution is 0.751. The number of nitrogens with one attached hydrogen (secondary N) is 2. The summed E-state index contributed by atoms with van der Waals surface area (Å²) >= 11 is 6.45. The number of anilines is 1. The molecule has 3 nitrogen and oxygen atoms in total. The molecule has 1 heterocycles. The van der Waals surface area contributed by atoms with Crippen molar-refractivity contribution < 1.29 is 0 Å². The second kappa shape index (κ2) is 3.53. The van der Waals surface area contributed by atoms with Crippen molar-refractivity contribution in [3.8, 4) is 0 Å². The van der Waals surface area contributed by atoms with Crippen molar-refractivity contribution in [2.24, 2.45) is 0 Å². The van der Waals surface area contributed by atoms with Crippen LogP contribution in [0.25, 0.3) is 0 Å². The summed E-state index contributed by atoms with van der Waals surface area (Å²) in [4.78, 5) is 0. The van der Waals surface area contributed by atoms with Gasteiger partial charge in [0.25, 0.3) is 0 Å². The minimum absolute atomic E-state index is 0.624.